The van der Waals surface area contributed by atoms with Gasteiger partial charge in [0.1, 0.15) is 0 Å². The van der Waals surface area contributed by atoms with Gasteiger partial charge in [-0.15, -0.1) is 0 Å². The molecule has 2 heterocycles. The number of methoxy groups -OCH3 is 1. The number of aryl methyl sites for hydroxylation is 1. The third kappa shape index (κ3) is 3.97. The van der Waals surface area contributed by atoms with Crippen LogP contribution in [0.2, 0.25) is 0 Å². The quantitative estimate of drug-likeness (QED) is 0.824. The summed E-state index contributed by atoms with van der Waals surface area (Å²) >= 11 is 0. The zero-order valence-electron chi connectivity index (χ0n) is 15.8. The van der Waals surface area contributed by atoms with Gasteiger partial charge in [-0.1, -0.05) is 30.3 Å². The first-order valence-corrected chi connectivity index (χ1v) is 9.15. The van der Waals surface area contributed by atoms with Gasteiger partial charge in [-0.25, -0.2) is 0 Å². The Labute approximate surface area is 155 Å². The van der Waals surface area contributed by atoms with E-state index >= 15 is 0 Å². The molecule has 140 valence electrons. The van der Waals surface area contributed by atoms with Crippen LogP contribution in [-0.4, -0.2) is 53.9 Å². The molecule has 3 atom stereocenters. The van der Waals surface area contributed by atoms with E-state index < -0.39 is 0 Å². The summed E-state index contributed by atoms with van der Waals surface area (Å²) in [4.78, 5) is 15.4. The molecule has 1 N–H and O–H groups in total. The molecule has 1 aliphatic heterocycles. The highest BCUT2D eigenvalue weighted by atomic mass is 16.5. The van der Waals surface area contributed by atoms with E-state index in [2.05, 4.69) is 29.5 Å². The molecule has 1 aromatic carbocycles. The van der Waals surface area contributed by atoms with Crippen molar-refractivity contribution in [1.29, 1.82) is 0 Å². The van der Waals surface area contributed by atoms with Crippen LogP contribution in [-0.2, 0) is 16.6 Å². The van der Waals surface area contributed by atoms with E-state index in [1.165, 1.54) is 0 Å². The Kier molecular flexibility index (Phi) is 6.06. The van der Waals surface area contributed by atoms with Gasteiger partial charge in [0.05, 0.1) is 24.8 Å². The van der Waals surface area contributed by atoms with Crippen molar-refractivity contribution in [3.05, 3.63) is 53.9 Å². The van der Waals surface area contributed by atoms with Crippen LogP contribution in [0.15, 0.2) is 42.7 Å². The van der Waals surface area contributed by atoms with Gasteiger partial charge in [0.25, 0.3) is 0 Å². The van der Waals surface area contributed by atoms with Gasteiger partial charge in [0, 0.05) is 45.9 Å². The Bertz CT molecular complexity index is 716. The van der Waals surface area contributed by atoms with Crippen LogP contribution in [0.25, 0.3) is 0 Å². The first kappa shape index (κ1) is 18.6. The highest BCUT2D eigenvalue weighted by Crippen LogP contribution is 2.32. The maximum absolute atomic E-state index is 13.5. The minimum Gasteiger partial charge on any atom is -0.383 e. The third-order valence-electron chi connectivity index (χ3n) is 5.25. The van der Waals surface area contributed by atoms with E-state index in [1.807, 2.05) is 42.5 Å². The van der Waals surface area contributed by atoms with Gasteiger partial charge in [-0.2, -0.15) is 5.10 Å². The van der Waals surface area contributed by atoms with Crippen molar-refractivity contribution in [2.75, 3.05) is 33.4 Å². The molecular formula is C20H28N4O2. The minimum atomic E-state index is -0.0813. The predicted octanol–water partition coefficient (Wildman–Crippen LogP) is 1.96. The smallest absolute Gasteiger partial charge is 0.228 e. The van der Waals surface area contributed by atoms with Crippen molar-refractivity contribution in [2.24, 2.45) is 13.0 Å². The van der Waals surface area contributed by atoms with E-state index in [-0.39, 0.29) is 23.8 Å². The van der Waals surface area contributed by atoms with Crippen LogP contribution in [0.5, 0.6) is 0 Å². The van der Waals surface area contributed by atoms with Crippen molar-refractivity contribution in [1.82, 2.24) is 20.0 Å². The van der Waals surface area contributed by atoms with Gasteiger partial charge < -0.3 is 15.0 Å². The number of hydrogen-bond acceptors (Lipinski definition) is 4. The van der Waals surface area contributed by atoms with Gasteiger partial charge in [0.15, 0.2) is 0 Å². The van der Waals surface area contributed by atoms with Crippen LogP contribution in [0.4, 0.5) is 0 Å². The first-order chi connectivity index (χ1) is 12.6. The second-order valence-electron chi connectivity index (χ2n) is 6.93. The van der Waals surface area contributed by atoms with Crippen LogP contribution >= 0.6 is 0 Å². The minimum absolute atomic E-state index is 0.00833. The average molecular weight is 356 g/mol. The third-order valence-corrected chi connectivity index (χ3v) is 5.25. The summed E-state index contributed by atoms with van der Waals surface area (Å²) in [7, 11) is 3.58. The lowest BCUT2D eigenvalue weighted by Crippen LogP contribution is -2.42. The van der Waals surface area contributed by atoms with Crippen molar-refractivity contribution >= 4 is 5.91 Å². The summed E-state index contributed by atoms with van der Waals surface area (Å²) in [5.74, 6) is 0.253. The Morgan fingerprint density at radius 1 is 1.38 bits per heavy atom. The standard InChI is InChI=1S/C20H28N4O2/c1-15(16-7-5-4-6-8-16)24(9-10-26-3)20(25)19-13-21-12-18(19)17-11-22-23(2)14-17/h4-8,11,14-15,18-19,21H,9-10,12-13H2,1-3H3/t15?,18-,19+/m1/s1. The van der Waals surface area contributed by atoms with Gasteiger partial charge in [-0.05, 0) is 18.1 Å². The zero-order chi connectivity index (χ0) is 18.5. The van der Waals surface area contributed by atoms with Crippen molar-refractivity contribution < 1.29 is 9.53 Å². The maximum Gasteiger partial charge on any atom is 0.228 e. The topological polar surface area (TPSA) is 59.4 Å². The molecule has 1 saturated heterocycles. The van der Waals surface area contributed by atoms with Crippen molar-refractivity contribution in [3.8, 4) is 0 Å². The Balaban J connectivity index is 1.82. The number of carbonyl (C=O) groups is 1. The normalized spacial score (nSPS) is 20.9. The van der Waals surface area contributed by atoms with Gasteiger partial charge in [0.2, 0.25) is 5.91 Å². The molecule has 0 spiro atoms. The number of benzene rings is 1. The van der Waals surface area contributed by atoms with Gasteiger partial charge >= 0.3 is 0 Å². The molecule has 1 aliphatic rings. The average Bonchev–Trinajstić information content (AvgIpc) is 3.31. The number of ether oxygens (including phenoxy) is 1. The van der Waals surface area contributed by atoms with E-state index in [0.717, 1.165) is 17.7 Å². The molecule has 3 rings (SSSR count). The van der Waals surface area contributed by atoms with Crippen molar-refractivity contribution in [3.63, 3.8) is 0 Å². The Hall–Kier alpha value is -2.18. The lowest BCUT2D eigenvalue weighted by Gasteiger charge is -2.33. The summed E-state index contributed by atoms with van der Waals surface area (Å²) in [6, 6.07) is 10.2. The number of rotatable bonds is 7. The monoisotopic (exact) mass is 356 g/mol. The molecule has 26 heavy (non-hydrogen) atoms. The number of nitrogens with one attached hydrogen (secondary N) is 1. The number of aromatic nitrogens is 2. The molecule has 1 aromatic heterocycles. The molecule has 1 unspecified atom stereocenters. The summed E-state index contributed by atoms with van der Waals surface area (Å²) < 4.78 is 7.06. The number of amides is 1. The number of nitrogens with zero attached hydrogens (tertiary/aromatic N) is 3. The molecule has 0 aliphatic carbocycles. The van der Waals surface area contributed by atoms with Crippen LogP contribution in [0.3, 0.4) is 0 Å². The van der Waals surface area contributed by atoms with Crippen LogP contribution < -0.4 is 5.32 Å². The van der Waals surface area contributed by atoms with Crippen LogP contribution in [0, 0.1) is 5.92 Å². The summed E-state index contributed by atoms with van der Waals surface area (Å²) in [6.45, 7) is 4.70. The summed E-state index contributed by atoms with van der Waals surface area (Å²) in [5.41, 5.74) is 2.26. The van der Waals surface area contributed by atoms with Crippen LogP contribution in [0.1, 0.15) is 30.0 Å². The predicted molar refractivity (Wildman–Crippen MR) is 101 cm³/mol. The van der Waals surface area contributed by atoms with E-state index in [9.17, 15) is 4.79 Å². The fourth-order valence-electron chi connectivity index (χ4n) is 3.73. The molecular weight excluding hydrogens is 328 g/mol. The van der Waals surface area contributed by atoms with E-state index in [4.69, 9.17) is 4.74 Å². The fraction of sp³-hybridized carbons (Fsp3) is 0.500. The summed E-state index contributed by atoms with van der Waals surface area (Å²) in [6.07, 6.45) is 3.89. The van der Waals surface area contributed by atoms with Crippen molar-refractivity contribution in [2.45, 2.75) is 18.9 Å². The maximum atomic E-state index is 13.5. The number of hydrogen-bond donors (Lipinski definition) is 1. The zero-order valence-corrected chi connectivity index (χ0v) is 15.8. The second kappa shape index (κ2) is 8.47. The number of carbonyl (C=O) groups excluding carboxylic acids is 1. The van der Waals surface area contributed by atoms with E-state index in [1.54, 1.807) is 11.8 Å². The lowest BCUT2D eigenvalue weighted by molar-refractivity contribution is -0.138. The SMILES string of the molecule is COCCN(C(=O)[C@H]1CNC[C@@H]1c1cnn(C)c1)C(C)c1ccccc1. The molecule has 6 nitrogen and oxygen atoms in total. The lowest BCUT2D eigenvalue weighted by atomic mass is 9.89. The molecule has 0 saturated carbocycles. The Morgan fingerprint density at radius 3 is 2.81 bits per heavy atom. The highest BCUT2D eigenvalue weighted by Gasteiger charge is 2.38. The first-order valence-electron chi connectivity index (χ1n) is 9.15. The van der Waals surface area contributed by atoms with E-state index in [0.29, 0.717) is 19.7 Å². The van der Waals surface area contributed by atoms with Gasteiger partial charge in [-0.3, -0.25) is 9.48 Å². The molecule has 0 radical (unpaired) electrons. The largest absolute Gasteiger partial charge is 0.383 e. The molecule has 0 bridgehead atoms. The molecule has 1 fully saturated rings. The second-order valence-corrected chi connectivity index (χ2v) is 6.93. The highest BCUT2D eigenvalue weighted by molar-refractivity contribution is 5.81. The summed E-state index contributed by atoms with van der Waals surface area (Å²) in [5, 5.41) is 7.66. The molecule has 6 heteroatoms. The fourth-order valence-corrected chi connectivity index (χ4v) is 3.73. The Morgan fingerprint density at radius 2 is 2.15 bits per heavy atom. The molecule has 2 aromatic rings. The molecule has 1 amide bonds.